The summed E-state index contributed by atoms with van der Waals surface area (Å²) >= 11 is 0. The van der Waals surface area contributed by atoms with Crippen LogP contribution in [0, 0.1) is 0 Å². The van der Waals surface area contributed by atoms with E-state index in [9.17, 15) is 14.7 Å². The summed E-state index contributed by atoms with van der Waals surface area (Å²) in [5.74, 6) is -0.879. The second-order valence-corrected chi connectivity index (χ2v) is 5.47. The molecule has 2 amide bonds. The number of carboxylic acid groups (broad SMARTS) is 1. The smallest absolute Gasteiger partial charge is 0.326 e. The highest BCUT2D eigenvalue weighted by Crippen LogP contribution is 2.19. The molecule has 0 saturated carbocycles. The maximum absolute atomic E-state index is 12.6. The molecule has 5 nitrogen and oxygen atoms in total. The summed E-state index contributed by atoms with van der Waals surface area (Å²) in [6, 6.07) is -0.676. The van der Waals surface area contributed by atoms with Gasteiger partial charge in [-0.25, -0.2) is 9.59 Å². The predicted octanol–water partition coefficient (Wildman–Crippen LogP) is 2.56. The van der Waals surface area contributed by atoms with Gasteiger partial charge in [0.15, 0.2) is 0 Å². The number of urea groups is 1. The molecule has 0 aromatic carbocycles. The Morgan fingerprint density at radius 2 is 2.00 bits per heavy atom. The summed E-state index contributed by atoms with van der Waals surface area (Å²) < 4.78 is 0. The first kappa shape index (κ1) is 15.8. The summed E-state index contributed by atoms with van der Waals surface area (Å²) in [5, 5.41) is 9.32. The Hall–Kier alpha value is -1.26. The Balaban J connectivity index is 2.87. The van der Waals surface area contributed by atoms with Crippen LogP contribution >= 0.6 is 0 Å². The summed E-state index contributed by atoms with van der Waals surface area (Å²) in [6.45, 7) is 7.21. The zero-order valence-corrected chi connectivity index (χ0v) is 12.3. The highest BCUT2D eigenvalue weighted by Gasteiger charge is 2.33. The Labute approximate surface area is 115 Å². The van der Waals surface area contributed by atoms with Crippen molar-refractivity contribution in [3.05, 3.63) is 0 Å². The molecule has 1 atom stereocenters. The van der Waals surface area contributed by atoms with Gasteiger partial charge in [-0.3, -0.25) is 0 Å². The molecule has 1 aliphatic heterocycles. The second kappa shape index (κ2) is 7.36. The molecule has 1 aliphatic rings. The third kappa shape index (κ3) is 4.11. The van der Waals surface area contributed by atoms with Gasteiger partial charge in [-0.2, -0.15) is 0 Å². The molecule has 1 rings (SSSR count). The first-order valence-corrected chi connectivity index (χ1v) is 7.29. The van der Waals surface area contributed by atoms with Crippen LogP contribution < -0.4 is 0 Å². The molecular weight excluding hydrogens is 244 g/mol. The molecule has 0 bridgehead atoms. The first-order valence-electron chi connectivity index (χ1n) is 7.29. The maximum atomic E-state index is 12.6. The number of aliphatic carboxylic acids is 1. The van der Waals surface area contributed by atoms with E-state index in [1.54, 1.807) is 9.80 Å². The number of carbonyl (C=O) groups is 2. The standard InChI is InChI=1S/C14H26N2O3/c1-4-9-15(11(2)3)14(19)16-10-7-5-6-8-12(16)13(17)18/h11-12H,4-10H2,1-3H3,(H,17,18). The van der Waals surface area contributed by atoms with Crippen LogP contribution in [0.3, 0.4) is 0 Å². The van der Waals surface area contributed by atoms with Crippen LogP contribution in [0.1, 0.15) is 52.9 Å². The van der Waals surface area contributed by atoms with E-state index in [4.69, 9.17) is 0 Å². The van der Waals surface area contributed by atoms with Gasteiger partial charge in [-0.05, 0) is 33.1 Å². The lowest BCUT2D eigenvalue weighted by Crippen LogP contribution is -2.52. The fraction of sp³-hybridized carbons (Fsp3) is 0.857. The highest BCUT2D eigenvalue weighted by molar-refractivity contribution is 5.83. The van der Waals surface area contributed by atoms with Crippen LogP contribution in [0.15, 0.2) is 0 Å². The normalized spacial score (nSPS) is 20.2. The lowest BCUT2D eigenvalue weighted by molar-refractivity contribution is -0.142. The predicted molar refractivity (Wildman–Crippen MR) is 74.1 cm³/mol. The van der Waals surface area contributed by atoms with Crippen molar-refractivity contribution in [2.45, 2.75) is 65.0 Å². The molecular formula is C14H26N2O3. The van der Waals surface area contributed by atoms with Gasteiger partial charge in [-0.1, -0.05) is 19.8 Å². The van der Waals surface area contributed by atoms with E-state index in [0.29, 0.717) is 19.5 Å². The highest BCUT2D eigenvalue weighted by atomic mass is 16.4. The van der Waals surface area contributed by atoms with Crippen LogP contribution in [0.5, 0.6) is 0 Å². The summed E-state index contributed by atoms with van der Waals surface area (Å²) in [6.07, 6.45) is 4.24. The van der Waals surface area contributed by atoms with Gasteiger partial charge in [0.1, 0.15) is 6.04 Å². The van der Waals surface area contributed by atoms with Crippen molar-refractivity contribution in [3.63, 3.8) is 0 Å². The van der Waals surface area contributed by atoms with Crippen LogP contribution in [0.25, 0.3) is 0 Å². The topological polar surface area (TPSA) is 60.9 Å². The Morgan fingerprint density at radius 1 is 1.32 bits per heavy atom. The Kier molecular flexibility index (Phi) is 6.12. The van der Waals surface area contributed by atoms with Crippen LogP contribution in [-0.2, 0) is 4.79 Å². The number of likely N-dealkylation sites (tertiary alicyclic amines) is 1. The zero-order valence-electron chi connectivity index (χ0n) is 12.3. The molecule has 0 aliphatic carbocycles. The molecule has 0 aromatic heterocycles. The Bertz CT molecular complexity index is 318. The average Bonchev–Trinajstić information content (AvgIpc) is 2.60. The molecule has 1 unspecified atom stereocenters. The van der Waals surface area contributed by atoms with Gasteiger partial charge in [0.25, 0.3) is 0 Å². The van der Waals surface area contributed by atoms with Crippen LogP contribution in [0.4, 0.5) is 4.79 Å². The van der Waals surface area contributed by atoms with Crippen molar-refractivity contribution in [1.82, 2.24) is 9.80 Å². The number of hydrogen-bond donors (Lipinski definition) is 1. The van der Waals surface area contributed by atoms with Crippen molar-refractivity contribution in [2.24, 2.45) is 0 Å². The minimum absolute atomic E-state index is 0.102. The third-order valence-electron chi connectivity index (χ3n) is 3.62. The molecule has 1 fully saturated rings. The van der Waals surface area contributed by atoms with Crippen LogP contribution in [0.2, 0.25) is 0 Å². The molecule has 1 saturated heterocycles. The van der Waals surface area contributed by atoms with E-state index in [1.807, 2.05) is 20.8 Å². The third-order valence-corrected chi connectivity index (χ3v) is 3.62. The van der Waals surface area contributed by atoms with E-state index < -0.39 is 12.0 Å². The number of amides is 2. The minimum Gasteiger partial charge on any atom is -0.480 e. The van der Waals surface area contributed by atoms with Crippen molar-refractivity contribution >= 4 is 12.0 Å². The van der Waals surface area contributed by atoms with Crippen molar-refractivity contribution in [2.75, 3.05) is 13.1 Å². The summed E-state index contributed by atoms with van der Waals surface area (Å²) in [7, 11) is 0. The molecule has 19 heavy (non-hydrogen) atoms. The van der Waals surface area contributed by atoms with Crippen molar-refractivity contribution < 1.29 is 14.7 Å². The molecule has 1 N–H and O–H groups in total. The number of carboxylic acids is 1. The van der Waals surface area contributed by atoms with E-state index >= 15 is 0 Å². The van der Waals surface area contributed by atoms with E-state index in [-0.39, 0.29) is 12.1 Å². The zero-order chi connectivity index (χ0) is 14.4. The monoisotopic (exact) mass is 270 g/mol. The number of carbonyl (C=O) groups excluding carboxylic acids is 1. The van der Waals surface area contributed by atoms with Crippen LogP contribution in [-0.4, -0.2) is 52.1 Å². The van der Waals surface area contributed by atoms with Gasteiger partial charge in [0, 0.05) is 19.1 Å². The molecule has 0 spiro atoms. The second-order valence-electron chi connectivity index (χ2n) is 5.47. The quantitative estimate of drug-likeness (QED) is 0.854. The van der Waals surface area contributed by atoms with Gasteiger partial charge >= 0.3 is 12.0 Å². The lowest BCUT2D eigenvalue weighted by atomic mass is 10.1. The van der Waals surface area contributed by atoms with Crippen molar-refractivity contribution in [1.29, 1.82) is 0 Å². The van der Waals surface area contributed by atoms with Gasteiger partial charge in [0.05, 0.1) is 0 Å². The molecule has 1 heterocycles. The maximum Gasteiger partial charge on any atom is 0.326 e. The van der Waals surface area contributed by atoms with E-state index in [2.05, 4.69) is 0 Å². The molecule has 110 valence electrons. The number of hydrogen-bond acceptors (Lipinski definition) is 2. The van der Waals surface area contributed by atoms with E-state index in [1.165, 1.54) is 0 Å². The number of nitrogens with zero attached hydrogens (tertiary/aromatic N) is 2. The average molecular weight is 270 g/mol. The fourth-order valence-electron chi connectivity index (χ4n) is 2.57. The Morgan fingerprint density at radius 3 is 2.53 bits per heavy atom. The number of rotatable bonds is 4. The SMILES string of the molecule is CCCN(C(=O)N1CCCCCC1C(=O)O)C(C)C. The van der Waals surface area contributed by atoms with Gasteiger partial charge in [0.2, 0.25) is 0 Å². The molecule has 0 radical (unpaired) electrons. The summed E-state index contributed by atoms with van der Waals surface area (Å²) in [4.78, 5) is 27.3. The minimum atomic E-state index is -0.879. The molecule has 5 heteroatoms. The van der Waals surface area contributed by atoms with Gasteiger partial charge in [-0.15, -0.1) is 0 Å². The largest absolute Gasteiger partial charge is 0.480 e. The summed E-state index contributed by atoms with van der Waals surface area (Å²) in [5.41, 5.74) is 0. The van der Waals surface area contributed by atoms with E-state index in [0.717, 1.165) is 25.7 Å². The van der Waals surface area contributed by atoms with Gasteiger partial charge < -0.3 is 14.9 Å². The lowest BCUT2D eigenvalue weighted by Gasteiger charge is -2.35. The molecule has 0 aromatic rings. The fourth-order valence-corrected chi connectivity index (χ4v) is 2.57. The first-order chi connectivity index (χ1) is 8.99. The van der Waals surface area contributed by atoms with Crippen molar-refractivity contribution in [3.8, 4) is 0 Å².